The number of anilines is 1. The lowest BCUT2D eigenvalue weighted by Gasteiger charge is -2.32. The van der Waals surface area contributed by atoms with Crippen molar-refractivity contribution in [2.75, 3.05) is 24.6 Å². The van der Waals surface area contributed by atoms with Crippen LogP contribution < -0.4 is 4.90 Å². The molecule has 1 aliphatic heterocycles. The Morgan fingerprint density at radius 2 is 2.37 bits per heavy atom. The molecule has 1 fully saturated rings. The molecule has 6 heteroatoms. The first-order chi connectivity index (χ1) is 9.11. The van der Waals surface area contributed by atoms with Crippen molar-refractivity contribution in [3.05, 3.63) is 22.3 Å². The molecule has 0 aromatic carbocycles. The molecule has 0 amide bonds. The van der Waals surface area contributed by atoms with Gasteiger partial charge in [0, 0.05) is 19.3 Å². The first-order valence-electron chi connectivity index (χ1n) is 6.34. The molecule has 0 bridgehead atoms. The number of hydrogen-bond donors (Lipinski definition) is 0. The van der Waals surface area contributed by atoms with Crippen molar-refractivity contribution in [3.63, 3.8) is 0 Å². The zero-order valence-corrected chi connectivity index (χ0v) is 12.2. The maximum atomic E-state index is 11.8. The van der Waals surface area contributed by atoms with E-state index in [1.54, 1.807) is 12.3 Å². The van der Waals surface area contributed by atoms with Gasteiger partial charge in [0.2, 0.25) is 0 Å². The number of carbonyl (C=O) groups is 1. The Morgan fingerprint density at radius 1 is 1.58 bits per heavy atom. The van der Waals surface area contributed by atoms with Crippen molar-refractivity contribution < 1.29 is 9.53 Å². The summed E-state index contributed by atoms with van der Waals surface area (Å²) in [6, 6.07) is 1.67. The number of halogens is 2. The van der Waals surface area contributed by atoms with Crippen molar-refractivity contribution in [1.29, 1.82) is 0 Å². The van der Waals surface area contributed by atoms with Crippen LogP contribution in [0.25, 0.3) is 0 Å². The van der Waals surface area contributed by atoms with E-state index in [2.05, 4.69) is 4.98 Å². The minimum Gasteiger partial charge on any atom is -0.466 e. The molecular weight excluding hydrogens is 287 g/mol. The van der Waals surface area contributed by atoms with Crippen molar-refractivity contribution in [2.24, 2.45) is 5.92 Å². The second-order valence-corrected chi connectivity index (χ2v) is 5.34. The molecule has 2 rings (SSSR count). The van der Waals surface area contributed by atoms with Gasteiger partial charge in [0.05, 0.1) is 22.6 Å². The Morgan fingerprint density at radius 3 is 3.05 bits per heavy atom. The van der Waals surface area contributed by atoms with Crippen LogP contribution in [0.4, 0.5) is 5.82 Å². The van der Waals surface area contributed by atoms with Gasteiger partial charge in [-0.25, -0.2) is 4.98 Å². The van der Waals surface area contributed by atoms with Gasteiger partial charge in [0.1, 0.15) is 5.82 Å². The van der Waals surface area contributed by atoms with E-state index in [4.69, 9.17) is 27.9 Å². The predicted octanol–water partition coefficient (Wildman–Crippen LogP) is 3.17. The molecule has 1 aromatic rings. The SMILES string of the molecule is CCOC(=O)[C@H]1CCCN(c2ncc(Cl)cc2Cl)C1. The van der Waals surface area contributed by atoms with Gasteiger partial charge < -0.3 is 9.64 Å². The molecule has 0 unspecified atom stereocenters. The van der Waals surface area contributed by atoms with Gasteiger partial charge >= 0.3 is 5.97 Å². The number of nitrogens with zero attached hydrogens (tertiary/aromatic N) is 2. The Balaban J connectivity index is 2.10. The molecule has 4 nitrogen and oxygen atoms in total. The van der Waals surface area contributed by atoms with E-state index in [-0.39, 0.29) is 11.9 Å². The van der Waals surface area contributed by atoms with Crippen LogP contribution in [0.5, 0.6) is 0 Å². The summed E-state index contributed by atoms with van der Waals surface area (Å²) in [5.74, 6) is 0.430. The third kappa shape index (κ3) is 3.51. The number of rotatable bonds is 3. The molecule has 104 valence electrons. The molecule has 0 aliphatic carbocycles. The highest BCUT2D eigenvalue weighted by Gasteiger charge is 2.28. The highest BCUT2D eigenvalue weighted by molar-refractivity contribution is 6.36. The minimum atomic E-state index is -0.141. The van der Waals surface area contributed by atoms with Gasteiger partial charge in [0.15, 0.2) is 0 Å². The van der Waals surface area contributed by atoms with Crippen molar-refractivity contribution >= 4 is 35.0 Å². The van der Waals surface area contributed by atoms with E-state index in [1.807, 2.05) is 11.8 Å². The predicted molar refractivity (Wildman–Crippen MR) is 75.8 cm³/mol. The van der Waals surface area contributed by atoms with Crippen LogP contribution >= 0.6 is 23.2 Å². The Labute approximate surface area is 122 Å². The van der Waals surface area contributed by atoms with Crippen molar-refractivity contribution in [2.45, 2.75) is 19.8 Å². The van der Waals surface area contributed by atoms with E-state index in [0.29, 0.717) is 29.0 Å². The number of aromatic nitrogens is 1. The number of carbonyl (C=O) groups excluding carboxylic acids is 1. The molecule has 0 radical (unpaired) electrons. The summed E-state index contributed by atoms with van der Waals surface area (Å²) >= 11 is 12.0. The van der Waals surface area contributed by atoms with Gasteiger partial charge in [-0.05, 0) is 25.8 Å². The summed E-state index contributed by atoms with van der Waals surface area (Å²) in [7, 11) is 0. The Hall–Kier alpha value is -1.000. The molecule has 2 heterocycles. The minimum absolute atomic E-state index is 0.109. The maximum absolute atomic E-state index is 11.8. The zero-order valence-electron chi connectivity index (χ0n) is 10.7. The van der Waals surface area contributed by atoms with Crippen LogP contribution in [-0.4, -0.2) is 30.6 Å². The van der Waals surface area contributed by atoms with Crippen LogP contribution in [0, 0.1) is 5.92 Å². The lowest BCUT2D eigenvalue weighted by Crippen LogP contribution is -2.40. The third-order valence-corrected chi connectivity index (χ3v) is 3.61. The molecule has 1 aliphatic rings. The van der Waals surface area contributed by atoms with Crippen molar-refractivity contribution in [3.8, 4) is 0 Å². The number of pyridine rings is 1. The molecular formula is C13H16Cl2N2O2. The number of esters is 1. The second kappa shape index (κ2) is 6.44. The summed E-state index contributed by atoms with van der Waals surface area (Å²) < 4.78 is 5.07. The lowest BCUT2D eigenvalue weighted by molar-refractivity contribution is -0.148. The summed E-state index contributed by atoms with van der Waals surface area (Å²) in [4.78, 5) is 18.1. The highest BCUT2D eigenvalue weighted by Crippen LogP contribution is 2.29. The average molecular weight is 303 g/mol. The smallest absolute Gasteiger partial charge is 0.310 e. The summed E-state index contributed by atoms with van der Waals surface area (Å²) in [6.07, 6.45) is 3.33. The molecule has 0 saturated carbocycles. The average Bonchev–Trinajstić information content (AvgIpc) is 2.39. The van der Waals surface area contributed by atoms with Crippen molar-refractivity contribution in [1.82, 2.24) is 4.98 Å². The normalized spacial score (nSPS) is 19.3. The fourth-order valence-corrected chi connectivity index (χ4v) is 2.76. The van der Waals surface area contributed by atoms with Crippen LogP contribution in [0.1, 0.15) is 19.8 Å². The number of hydrogen-bond acceptors (Lipinski definition) is 4. The van der Waals surface area contributed by atoms with Crippen LogP contribution in [-0.2, 0) is 9.53 Å². The van der Waals surface area contributed by atoms with E-state index >= 15 is 0 Å². The van der Waals surface area contributed by atoms with E-state index in [9.17, 15) is 4.79 Å². The van der Waals surface area contributed by atoms with E-state index in [1.165, 1.54) is 0 Å². The third-order valence-electron chi connectivity index (χ3n) is 3.13. The highest BCUT2D eigenvalue weighted by atomic mass is 35.5. The first kappa shape index (κ1) is 14.4. The molecule has 1 aromatic heterocycles. The van der Waals surface area contributed by atoms with Crippen LogP contribution in [0.2, 0.25) is 10.0 Å². The molecule has 19 heavy (non-hydrogen) atoms. The summed E-state index contributed by atoms with van der Waals surface area (Å²) in [5, 5.41) is 1.02. The summed E-state index contributed by atoms with van der Waals surface area (Å²) in [5.41, 5.74) is 0. The van der Waals surface area contributed by atoms with E-state index < -0.39 is 0 Å². The van der Waals surface area contributed by atoms with Crippen LogP contribution in [0.15, 0.2) is 12.3 Å². The Bertz CT molecular complexity index is 468. The van der Waals surface area contributed by atoms with Gasteiger partial charge in [-0.3, -0.25) is 4.79 Å². The topological polar surface area (TPSA) is 42.4 Å². The van der Waals surface area contributed by atoms with Crippen LogP contribution in [0.3, 0.4) is 0 Å². The quantitative estimate of drug-likeness (QED) is 0.804. The molecule has 0 N–H and O–H groups in total. The Kier molecular flexibility index (Phi) is 4.88. The van der Waals surface area contributed by atoms with Gasteiger partial charge in [-0.2, -0.15) is 0 Å². The van der Waals surface area contributed by atoms with Gasteiger partial charge in [-0.1, -0.05) is 23.2 Å². The van der Waals surface area contributed by atoms with Gasteiger partial charge in [0.25, 0.3) is 0 Å². The van der Waals surface area contributed by atoms with Gasteiger partial charge in [-0.15, -0.1) is 0 Å². The van der Waals surface area contributed by atoms with E-state index in [0.717, 1.165) is 19.4 Å². The zero-order chi connectivity index (χ0) is 13.8. The molecule has 1 atom stereocenters. The maximum Gasteiger partial charge on any atom is 0.310 e. The second-order valence-electron chi connectivity index (χ2n) is 4.50. The standard InChI is InChI=1S/C13H16Cl2N2O2/c1-2-19-13(18)9-4-3-5-17(8-9)12-11(15)6-10(14)7-16-12/h6-7,9H,2-5,8H2,1H3/t9-/m0/s1. The fourth-order valence-electron chi connectivity index (χ4n) is 2.26. The molecule has 0 spiro atoms. The first-order valence-corrected chi connectivity index (χ1v) is 7.10. The monoisotopic (exact) mass is 302 g/mol. The largest absolute Gasteiger partial charge is 0.466 e. The number of ether oxygens (including phenoxy) is 1. The number of piperidine rings is 1. The summed E-state index contributed by atoms with van der Waals surface area (Å²) in [6.45, 7) is 3.66. The molecule has 1 saturated heterocycles. The fraction of sp³-hybridized carbons (Fsp3) is 0.538. The lowest BCUT2D eigenvalue weighted by atomic mass is 9.98.